The van der Waals surface area contributed by atoms with Gasteiger partial charge in [0.1, 0.15) is 0 Å². The van der Waals surface area contributed by atoms with Crippen LogP contribution in [0, 0.1) is 0 Å². The molecule has 0 saturated carbocycles. The molecule has 1 heterocycles. The molecule has 1 N–H and O–H groups in total. The fourth-order valence-corrected chi connectivity index (χ4v) is 3.19. The quantitative estimate of drug-likeness (QED) is 0.874. The summed E-state index contributed by atoms with van der Waals surface area (Å²) in [5.74, 6) is -0.404. The number of hydrogen-bond acceptors (Lipinski definition) is 2. The van der Waals surface area contributed by atoms with Crippen molar-refractivity contribution in [2.45, 2.75) is 12.8 Å². The molecule has 0 aromatic heterocycles. The fraction of sp³-hybridized carbons (Fsp3) is 0.222. The van der Waals surface area contributed by atoms with Crippen molar-refractivity contribution in [1.29, 1.82) is 0 Å². The van der Waals surface area contributed by atoms with E-state index < -0.39 is 0 Å². The number of para-hydroxylation sites is 1. The van der Waals surface area contributed by atoms with Crippen LogP contribution in [0.3, 0.4) is 0 Å². The Balaban J connectivity index is 1.80. The van der Waals surface area contributed by atoms with Gasteiger partial charge in [0.15, 0.2) is 0 Å². The third-order valence-corrected chi connectivity index (χ3v) is 4.60. The summed E-state index contributed by atoms with van der Waals surface area (Å²) in [4.78, 5) is 26.7. The van der Waals surface area contributed by atoms with Gasteiger partial charge in [0.2, 0.25) is 0 Å². The Kier molecular flexibility index (Phi) is 5.07. The standard InChI is InChI=1S/C18H16Cl2N2O2/c19-14-7-4-8-15(20)16(14)21-17(23)12-5-3-6-13(11-12)18(24)22-9-1-2-10-22/h3-8,11H,1-2,9-10H2,(H,21,23). The van der Waals surface area contributed by atoms with Gasteiger partial charge in [-0.1, -0.05) is 35.3 Å². The van der Waals surface area contributed by atoms with Gasteiger partial charge in [0.05, 0.1) is 15.7 Å². The van der Waals surface area contributed by atoms with Crippen LogP contribution in [-0.2, 0) is 0 Å². The molecule has 2 aromatic carbocycles. The van der Waals surface area contributed by atoms with Crippen LogP contribution in [0.4, 0.5) is 5.69 Å². The molecule has 0 unspecified atom stereocenters. The summed E-state index contributed by atoms with van der Waals surface area (Å²) in [5.41, 5.74) is 1.26. The van der Waals surface area contributed by atoms with Crippen molar-refractivity contribution in [3.63, 3.8) is 0 Å². The van der Waals surface area contributed by atoms with Crippen molar-refractivity contribution in [3.05, 3.63) is 63.6 Å². The average molecular weight is 363 g/mol. The molecule has 2 aromatic rings. The number of rotatable bonds is 3. The van der Waals surface area contributed by atoms with Gasteiger partial charge in [0.25, 0.3) is 11.8 Å². The molecule has 3 rings (SSSR count). The Hall–Kier alpha value is -2.04. The molecule has 24 heavy (non-hydrogen) atoms. The van der Waals surface area contributed by atoms with E-state index in [0.717, 1.165) is 25.9 Å². The topological polar surface area (TPSA) is 49.4 Å². The molecular weight excluding hydrogens is 347 g/mol. The van der Waals surface area contributed by atoms with E-state index in [9.17, 15) is 9.59 Å². The SMILES string of the molecule is O=C(Nc1c(Cl)cccc1Cl)c1cccc(C(=O)N2CCCC2)c1. The lowest BCUT2D eigenvalue weighted by Gasteiger charge is -2.15. The molecule has 4 nitrogen and oxygen atoms in total. The lowest BCUT2D eigenvalue weighted by atomic mass is 10.1. The van der Waals surface area contributed by atoms with Crippen LogP contribution >= 0.6 is 23.2 Å². The Morgan fingerprint density at radius 1 is 0.917 bits per heavy atom. The smallest absolute Gasteiger partial charge is 0.255 e. The lowest BCUT2D eigenvalue weighted by molar-refractivity contribution is 0.0793. The number of likely N-dealkylation sites (tertiary alicyclic amines) is 1. The highest BCUT2D eigenvalue weighted by atomic mass is 35.5. The maximum atomic E-state index is 12.5. The second kappa shape index (κ2) is 7.24. The number of benzene rings is 2. The van der Waals surface area contributed by atoms with Crippen LogP contribution in [0.25, 0.3) is 0 Å². The first-order chi connectivity index (χ1) is 11.6. The maximum Gasteiger partial charge on any atom is 0.255 e. The van der Waals surface area contributed by atoms with Crippen LogP contribution in [0.1, 0.15) is 33.6 Å². The third kappa shape index (κ3) is 3.55. The minimum absolute atomic E-state index is 0.0436. The van der Waals surface area contributed by atoms with Gasteiger partial charge >= 0.3 is 0 Å². The molecule has 1 aliphatic heterocycles. The molecule has 0 bridgehead atoms. The molecular formula is C18H16Cl2N2O2. The van der Waals surface area contributed by atoms with Crippen molar-refractivity contribution < 1.29 is 9.59 Å². The van der Waals surface area contributed by atoms with Gasteiger partial charge in [-0.3, -0.25) is 9.59 Å². The number of nitrogens with zero attached hydrogens (tertiary/aromatic N) is 1. The molecule has 124 valence electrons. The van der Waals surface area contributed by atoms with Gasteiger partial charge in [0, 0.05) is 24.2 Å². The Morgan fingerprint density at radius 3 is 2.17 bits per heavy atom. The highest BCUT2D eigenvalue weighted by Gasteiger charge is 2.20. The van der Waals surface area contributed by atoms with E-state index in [0.29, 0.717) is 26.9 Å². The molecule has 2 amide bonds. The van der Waals surface area contributed by atoms with E-state index >= 15 is 0 Å². The number of hydrogen-bond donors (Lipinski definition) is 1. The van der Waals surface area contributed by atoms with Gasteiger partial charge in [-0.25, -0.2) is 0 Å². The van der Waals surface area contributed by atoms with E-state index in [-0.39, 0.29) is 11.8 Å². The molecule has 6 heteroatoms. The largest absolute Gasteiger partial charge is 0.339 e. The molecule has 0 aliphatic carbocycles. The number of amides is 2. The van der Waals surface area contributed by atoms with E-state index in [1.54, 1.807) is 42.5 Å². The van der Waals surface area contributed by atoms with Crippen molar-refractivity contribution in [2.75, 3.05) is 18.4 Å². The van der Waals surface area contributed by atoms with Crippen molar-refractivity contribution in [2.24, 2.45) is 0 Å². The van der Waals surface area contributed by atoms with Gasteiger partial charge in [-0.2, -0.15) is 0 Å². The number of anilines is 1. The summed E-state index contributed by atoms with van der Waals surface area (Å²) < 4.78 is 0. The first kappa shape index (κ1) is 16.8. The highest BCUT2D eigenvalue weighted by Crippen LogP contribution is 2.30. The molecule has 0 atom stereocenters. The monoisotopic (exact) mass is 362 g/mol. The summed E-state index contributed by atoms with van der Waals surface area (Å²) in [6.07, 6.45) is 2.05. The van der Waals surface area contributed by atoms with Crippen LogP contribution in [0.2, 0.25) is 10.0 Å². The average Bonchev–Trinajstić information content (AvgIpc) is 3.12. The molecule has 1 saturated heterocycles. The normalized spacial score (nSPS) is 13.8. The first-order valence-corrected chi connectivity index (χ1v) is 8.46. The second-order valence-corrected chi connectivity index (χ2v) is 6.45. The summed E-state index contributed by atoms with van der Waals surface area (Å²) in [7, 11) is 0. The first-order valence-electron chi connectivity index (χ1n) is 7.71. The molecule has 1 fully saturated rings. The number of nitrogens with one attached hydrogen (secondary N) is 1. The van der Waals surface area contributed by atoms with Gasteiger partial charge in [-0.15, -0.1) is 0 Å². The van der Waals surface area contributed by atoms with Crippen molar-refractivity contribution >= 4 is 40.7 Å². The predicted molar refractivity (Wildman–Crippen MR) is 96.0 cm³/mol. The zero-order chi connectivity index (χ0) is 17.1. The second-order valence-electron chi connectivity index (χ2n) is 5.63. The van der Waals surface area contributed by atoms with Gasteiger partial charge < -0.3 is 10.2 Å². The number of halogens is 2. The maximum absolute atomic E-state index is 12.5. The summed E-state index contributed by atoms with van der Waals surface area (Å²) >= 11 is 12.1. The van der Waals surface area contributed by atoms with Crippen molar-refractivity contribution in [1.82, 2.24) is 4.90 Å². The Morgan fingerprint density at radius 2 is 1.50 bits per heavy atom. The molecule has 0 spiro atoms. The Labute approximate surface area is 150 Å². The minimum atomic E-state index is -0.360. The van der Waals surface area contributed by atoms with E-state index in [1.807, 2.05) is 4.90 Å². The van der Waals surface area contributed by atoms with Crippen LogP contribution < -0.4 is 5.32 Å². The zero-order valence-corrected chi connectivity index (χ0v) is 14.4. The van der Waals surface area contributed by atoms with Crippen molar-refractivity contribution in [3.8, 4) is 0 Å². The van der Waals surface area contributed by atoms with E-state index in [1.165, 1.54) is 0 Å². The third-order valence-electron chi connectivity index (χ3n) is 3.97. The predicted octanol–water partition coefficient (Wildman–Crippen LogP) is 4.48. The fourth-order valence-electron chi connectivity index (χ4n) is 2.70. The summed E-state index contributed by atoms with van der Waals surface area (Å²) in [5, 5.41) is 3.43. The number of carbonyl (C=O) groups excluding carboxylic acids is 2. The van der Waals surface area contributed by atoms with Crippen LogP contribution in [-0.4, -0.2) is 29.8 Å². The molecule has 1 aliphatic rings. The lowest BCUT2D eigenvalue weighted by Crippen LogP contribution is -2.27. The zero-order valence-electron chi connectivity index (χ0n) is 12.9. The van der Waals surface area contributed by atoms with Crippen LogP contribution in [0.5, 0.6) is 0 Å². The summed E-state index contributed by atoms with van der Waals surface area (Å²) in [6.45, 7) is 1.54. The van der Waals surface area contributed by atoms with E-state index in [2.05, 4.69) is 5.32 Å². The van der Waals surface area contributed by atoms with Crippen LogP contribution in [0.15, 0.2) is 42.5 Å². The molecule has 0 radical (unpaired) electrons. The minimum Gasteiger partial charge on any atom is -0.339 e. The summed E-state index contributed by atoms with van der Waals surface area (Å²) in [6, 6.07) is 11.7. The number of carbonyl (C=O) groups is 2. The van der Waals surface area contributed by atoms with Gasteiger partial charge in [-0.05, 0) is 43.2 Å². The highest BCUT2D eigenvalue weighted by molar-refractivity contribution is 6.40. The Bertz CT molecular complexity index is 766. The van der Waals surface area contributed by atoms with E-state index in [4.69, 9.17) is 23.2 Å².